The second kappa shape index (κ2) is 6.44. The van der Waals surface area contributed by atoms with Gasteiger partial charge in [-0.05, 0) is 31.0 Å². The number of halogens is 2. The number of rotatable bonds is 3. The first-order valence-corrected chi connectivity index (χ1v) is 8.07. The van der Waals surface area contributed by atoms with Crippen LogP contribution in [-0.4, -0.2) is 50.0 Å². The zero-order valence-corrected chi connectivity index (χ0v) is 14.4. The standard InChI is InChI=1S/C16H16ClFN4O3/c1-8-6-21(7-11(8)16(24)25)15(23)14-9(2)22(20-19-14)10-3-4-13(18)12(17)5-10/h3-5,8,11H,6-7H2,1-2H3,(H,24,25)/t8-,11-/m1/s1. The largest absolute Gasteiger partial charge is 0.481 e. The van der Waals surface area contributed by atoms with Crippen molar-refractivity contribution in [3.05, 3.63) is 40.4 Å². The summed E-state index contributed by atoms with van der Waals surface area (Å²) in [6.45, 7) is 3.96. The maximum absolute atomic E-state index is 13.3. The molecule has 1 aliphatic rings. The van der Waals surface area contributed by atoms with Crippen LogP contribution in [0.4, 0.5) is 4.39 Å². The zero-order valence-electron chi connectivity index (χ0n) is 13.6. The lowest BCUT2D eigenvalue weighted by molar-refractivity contribution is -0.142. The molecule has 1 aromatic heterocycles. The van der Waals surface area contributed by atoms with Gasteiger partial charge in [0.15, 0.2) is 5.69 Å². The summed E-state index contributed by atoms with van der Waals surface area (Å²) in [6, 6.07) is 4.08. The highest BCUT2D eigenvalue weighted by atomic mass is 35.5. The van der Waals surface area contributed by atoms with Gasteiger partial charge >= 0.3 is 5.97 Å². The molecular formula is C16H16ClFN4O3. The average molecular weight is 367 g/mol. The number of aromatic nitrogens is 3. The van der Waals surface area contributed by atoms with E-state index < -0.39 is 17.7 Å². The fraction of sp³-hybridized carbons (Fsp3) is 0.375. The number of benzene rings is 1. The Balaban J connectivity index is 1.87. The van der Waals surface area contributed by atoms with E-state index in [1.165, 1.54) is 27.8 Å². The lowest BCUT2D eigenvalue weighted by Gasteiger charge is -2.14. The minimum absolute atomic E-state index is 0.0575. The van der Waals surface area contributed by atoms with Gasteiger partial charge in [0.1, 0.15) is 5.82 Å². The normalized spacial score (nSPS) is 20.1. The monoisotopic (exact) mass is 366 g/mol. The number of aliphatic carboxylic acids is 1. The number of carboxylic acids is 1. The fourth-order valence-electron chi connectivity index (χ4n) is 2.99. The van der Waals surface area contributed by atoms with Crippen LogP contribution in [0.25, 0.3) is 5.69 Å². The first-order chi connectivity index (χ1) is 11.8. The molecule has 2 aromatic rings. The molecule has 1 amide bonds. The van der Waals surface area contributed by atoms with E-state index in [1.54, 1.807) is 13.8 Å². The molecule has 132 valence electrons. The first-order valence-electron chi connectivity index (χ1n) is 7.69. The Labute approximate surface area is 148 Å². The Morgan fingerprint density at radius 2 is 2.08 bits per heavy atom. The molecule has 1 N–H and O–H groups in total. The Bertz CT molecular complexity index is 854. The summed E-state index contributed by atoms with van der Waals surface area (Å²) in [4.78, 5) is 25.4. The van der Waals surface area contributed by atoms with Gasteiger partial charge in [0.05, 0.1) is 22.3 Å². The number of hydrogen-bond donors (Lipinski definition) is 1. The molecule has 25 heavy (non-hydrogen) atoms. The molecule has 3 rings (SSSR count). The third kappa shape index (κ3) is 3.09. The predicted octanol–water partition coefficient (Wildman–Crippen LogP) is 2.16. The number of hydrogen-bond acceptors (Lipinski definition) is 4. The summed E-state index contributed by atoms with van der Waals surface area (Å²) in [6.07, 6.45) is 0. The van der Waals surface area contributed by atoms with Crippen molar-refractivity contribution in [2.75, 3.05) is 13.1 Å². The van der Waals surface area contributed by atoms with Crippen molar-refractivity contribution >= 4 is 23.5 Å². The minimum atomic E-state index is -0.913. The van der Waals surface area contributed by atoms with E-state index in [2.05, 4.69) is 10.3 Å². The molecule has 2 heterocycles. The van der Waals surface area contributed by atoms with Gasteiger partial charge in [-0.1, -0.05) is 23.7 Å². The van der Waals surface area contributed by atoms with E-state index in [4.69, 9.17) is 11.6 Å². The fourth-order valence-corrected chi connectivity index (χ4v) is 3.17. The molecule has 2 atom stereocenters. The van der Waals surface area contributed by atoms with Crippen molar-refractivity contribution in [3.63, 3.8) is 0 Å². The van der Waals surface area contributed by atoms with Crippen LogP contribution in [0.1, 0.15) is 23.1 Å². The molecule has 0 saturated carbocycles. The molecule has 1 saturated heterocycles. The molecule has 9 heteroatoms. The van der Waals surface area contributed by atoms with Crippen LogP contribution in [0.15, 0.2) is 18.2 Å². The number of carboxylic acid groups (broad SMARTS) is 1. The second-order valence-corrected chi connectivity index (χ2v) is 6.57. The van der Waals surface area contributed by atoms with E-state index >= 15 is 0 Å². The highest BCUT2D eigenvalue weighted by molar-refractivity contribution is 6.30. The van der Waals surface area contributed by atoms with Gasteiger partial charge in [-0.2, -0.15) is 0 Å². The molecule has 0 radical (unpaired) electrons. The molecule has 7 nitrogen and oxygen atoms in total. The van der Waals surface area contributed by atoms with Crippen LogP contribution >= 0.6 is 11.6 Å². The Kier molecular flexibility index (Phi) is 4.47. The molecule has 0 unspecified atom stereocenters. The highest BCUT2D eigenvalue weighted by Crippen LogP contribution is 2.26. The van der Waals surface area contributed by atoms with Gasteiger partial charge in [0, 0.05) is 13.1 Å². The summed E-state index contributed by atoms with van der Waals surface area (Å²) in [7, 11) is 0. The second-order valence-electron chi connectivity index (χ2n) is 6.17. The van der Waals surface area contributed by atoms with Crippen molar-refractivity contribution < 1.29 is 19.1 Å². The van der Waals surface area contributed by atoms with Crippen molar-refractivity contribution in [2.24, 2.45) is 11.8 Å². The van der Waals surface area contributed by atoms with Gasteiger partial charge in [-0.15, -0.1) is 5.10 Å². The van der Waals surface area contributed by atoms with E-state index in [1.807, 2.05) is 0 Å². The third-order valence-electron chi connectivity index (χ3n) is 4.46. The van der Waals surface area contributed by atoms with Gasteiger partial charge in [0.2, 0.25) is 0 Å². The van der Waals surface area contributed by atoms with Crippen molar-refractivity contribution in [3.8, 4) is 5.69 Å². The molecule has 1 aliphatic heterocycles. The van der Waals surface area contributed by atoms with Crippen LogP contribution in [0, 0.1) is 24.6 Å². The van der Waals surface area contributed by atoms with E-state index in [0.717, 1.165) is 0 Å². The van der Waals surface area contributed by atoms with Crippen LogP contribution in [0.2, 0.25) is 5.02 Å². The van der Waals surface area contributed by atoms with E-state index in [0.29, 0.717) is 17.9 Å². The summed E-state index contributed by atoms with van der Waals surface area (Å²) >= 11 is 5.78. The number of likely N-dealkylation sites (tertiary alicyclic amines) is 1. The van der Waals surface area contributed by atoms with E-state index in [-0.39, 0.29) is 29.1 Å². The van der Waals surface area contributed by atoms with Crippen LogP contribution in [0.5, 0.6) is 0 Å². The topological polar surface area (TPSA) is 88.3 Å². The van der Waals surface area contributed by atoms with Crippen molar-refractivity contribution in [1.82, 2.24) is 19.9 Å². The van der Waals surface area contributed by atoms with Crippen molar-refractivity contribution in [2.45, 2.75) is 13.8 Å². The van der Waals surface area contributed by atoms with Crippen LogP contribution in [-0.2, 0) is 4.79 Å². The highest BCUT2D eigenvalue weighted by Gasteiger charge is 2.38. The molecule has 1 fully saturated rings. The Hall–Kier alpha value is -2.48. The molecular weight excluding hydrogens is 351 g/mol. The summed E-state index contributed by atoms with van der Waals surface area (Å²) in [5, 5.41) is 17.0. The van der Waals surface area contributed by atoms with Gasteiger partial charge in [0.25, 0.3) is 5.91 Å². The van der Waals surface area contributed by atoms with E-state index in [9.17, 15) is 19.1 Å². The lowest BCUT2D eigenvalue weighted by atomic mass is 9.99. The zero-order chi connectivity index (χ0) is 18.3. The Morgan fingerprint density at radius 1 is 1.36 bits per heavy atom. The number of carbonyl (C=O) groups excluding carboxylic acids is 1. The molecule has 1 aromatic carbocycles. The van der Waals surface area contributed by atoms with Crippen molar-refractivity contribution in [1.29, 1.82) is 0 Å². The molecule has 0 bridgehead atoms. The maximum atomic E-state index is 13.3. The van der Waals surface area contributed by atoms with Gasteiger partial charge in [-0.3, -0.25) is 9.59 Å². The predicted molar refractivity (Wildman–Crippen MR) is 87.3 cm³/mol. The van der Waals surface area contributed by atoms with Gasteiger partial charge in [-0.25, -0.2) is 9.07 Å². The molecule has 0 spiro atoms. The number of carbonyl (C=O) groups is 2. The maximum Gasteiger partial charge on any atom is 0.308 e. The first kappa shape index (κ1) is 17.3. The average Bonchev–Trinajstić information content (AvgIpc) is 3.13. The quantitative estimate of drug-likeness (QED) is 0.899. The van der Waals surface area contributed by atoms with Gasteiger partial charge < -0.3 is 10.0 Å². The van der Waals surface area contributed by atoms with Crippen LogP contribution in [0.3, 0.4) is 0 Å². The summed E-state index contributed by atoms with van der Waals surface area (Å²) in [5.41, 5.74) is 1.09. The molecule has 0 aliphatic carbocycles. The summed E-state index contributed by atoms with van der Waals surface area (Å²) in [5.74, 6) is -2.55. The number of nitrogens with zero attached hydrogens (tertiary/aromatic N) is 4. The minimum Gasteiger partial charge on any atom is -0.481 e. The third-order valence-corrected chi connectivity index (χ3v) is 4.75. The SMILES string of the molecule is Cc1c(C(=O)N2C[C@@H](C)[C@H](C(=O)O)C2)nnn1-c1ccc(F)c(Cl)c1. The summed E-state index contributed by atoms with van der Waals surface area (Å²) < 4.78 is 14.7. The number of amides is 1. The van der Waals surface area contributed by atoms with Crippen LogP contribution < -0.4 is 0 Å². The lowest BCUT2D eigenvalue weighted by Crippen LogP contribution is -2.30. The smallest absolute Gasteiger partial charge is 0.308 e. The Morgan fingerprint density at radius 3 is 2.68 bits per heavy atom.